The highest BCUT2D eigenvalue weighted by molar-refractivity contribution is 5.75. The number of rotatable bonds is 5. The van der Waals surface area contributed by atoms with Crippen LogP contribution in [0.5, 0.6) is 0 Å². The van der Waals surface area contributed by atoms with Crippen molar-refractivity contribution in [2.45, 2.75) is 25.3 Å². The van der Waals surface area contributed by atoms with Gasteiger partial charge in [0.25, 0.3) is 0 Å². The zero-order valence-corrected chi connectivity index (χ0v) is 19.0. The highest BCUT2D eigenvalue weighted by Gasteiger charge is 2.30. The van der Waals surface area contributed by atoms with E-state index in [4.69, 9.17) is 14.7 Å². The monoisotopic (exact) mass is 483 g/mol. The van der Waals surface area contributed by atoms with Crippen LogP contribution in [0.25, 0.3) is 16.7 Å². The molecule has 1 saturated heterocycles. The van der Waals surface area contributed by atoms with Crippen molar-refractivity contribution < 1.29 is 18.3 Å². The summed E-state index contributed by atoms with van der Waals surface area (Å²) in [6.07, 6.45) is 3.67. The summed E-state index contributed by atoms with van der Waals surface area (Å²) in [5, 5.41) is 7.71. The Morgan fingerprint density at radius 3 is 2.71 bits per heavy atom. The first kappa shape index (κ1) is 21.5. The van der Waals surface area contributed by atoms with Crippen LogP contribution >= 0.6 is 0 Å². The van der Waals surface area contributed by atoms with Gasteiger partial charge in [-0.25, -0.2) is 18.6 Å². The number of H-pyrrole nitrogens is 1. The molecule has 1 aliphatic heterocycles. The van der Waals surface area contributed by atoms with Crippen molar-refractivity contribution in [3.8, 4) is 0 Å². The van der Waals surface area contributed by atoms with Gasteiger partial charge in [-0.05, 0) is 30.9 Å². The Labute approximate surface area is 198 Å². The SMILES string of the molecule is COC(=O)N1CCN(c2nc(NCc3nc4c(F)c(F)ccc4[nH]3)n3ncc(C4CC4)c3n2)CC1. The van der Waals surface area contributed by atoms with Crippen molar-refractivity contribution >= 4 is 34.7 Å². The van der Waals surface area contributed by atoms with E-state index in [1.807, 2.05) is 11.1 Å². The minimum Gasteiger partial charge on any atom is -0.453 e. The minimum absolute atomic E-state index is 0.0473. The van der Waals surface area contributed by atoms with Crippen molar-refractivity contribution in [1.82, 2.24) is 34.4 Å². The Kier molecular flexibility index (Phi) is 5.11. The number of imidazole rings is 1. The largest absolute Gasteiger partial charge is 0.453 e. The Balaban J connectivity index is 1.29. The number of halogens is 2. The number of methoxy groups -OCH3 is 1. The number of aromatic amines is 1. The number of anilines is 2. The van der Waals surface area contributed by atoms with Crippen LogP contribution in [0, 0.1) is 11.6 Å². The Bertz CT molecular complexity index is 1420. The van der Waals surface area contributed by atoms with Gasteiger partial charge < -0.3 is 24.8 Å². The van der Waals surface area contributed by atoms with Crippen LogP contribution in [-0.2, 0) is 11.3 Å². The molecule has 0 unspecified atom stereocenters. The molecule has 0 atom stereocenters. The summed E-state index contributed by atoms with van der Waals surface area (Å²) < 4.78 is 34.1. The molecule has 1 aliphatic carbocycles. The lowest BCUT2D eigenvalue weighted by molar-refractivity contribution is 0.121. The summed E-state index contributed by atoms with van der Waals surface area (Å²) in [5.74, 6) is -0.0679. The summed E-state index contributed by atoms with van der Waals surface area (Å²) in [6.45, 7) is 2.31. The van der Waals surface area contributed by atoms with Crippen LogP contribution < -0.4 is 10.2 Å². The second kappa shape index (κ2) is 8.32. The van der Waals surface area contributed by atoms with E-state index in [1.165, 1.54) is 13.2 Å². The molecule has 0 spiro atoms. The number of carbonyl (C=O) groups is 1. The molecule has 3 aromatic heterocycles. The van der Waals surface area contributed by atoms with Gasteiger partial charge in [-0.15, -0.1) is 0 Å². The van der Waals surface area contributed by atoms with Crippen LogP contribution in [0.3, 0.4) is 0 Å². The molecular weight excluding hydrogens is 460 g/mol. The molecule has 1 saturated carbocycles. The van der Waals surface area contributed by atoms with Crippen LogP contribution in [0.15, 0.2) is 18.3 Å². The number of ether oxygens (including phenoxy) is 1. The highest BCUT2D eigenvalue weighted by Crippen LogP contribution is 2.42. The fraction of sp³-hybridized carbons (Fsp3) is 0.409. The fourth-order valence-electron chi connectivity index (χ4n) is 4.35. The van der Waals surface area contributed by atoms with E-state index in [1.54, 1.807) is 9.42 Å². The third-order valence-corrected chi connectivity index (χ3v) is 6.40. The molecule has 182 valence electrons. The molecular formula is C22H23F2N9O2. The second-order valence-corrected chi connectivity index (χ2v) is 8.70. The smallest absolute Gasteiger partial charge is 0.409 e. The fourth-order valence-corrected chi connectivity index (χ4v) is 4.35. The van der Waals surface area contributed by atoms with Gasteiger partial charge in [0.2, 0.25) is 11.9 Å². The maximum Gasteiger partial charge on any atom is 0.409 e. The van der Waals surface area contributed by atoms with E-state index in [0.717, 1.165) is 30.1 Å². The first-order valence-electron chi connectivity index (χ1n) is 11.4. The van der Waals surface area contributed by atoms with Crippen molar-refractivity contribution in [2.75, 3.05) is 43.5 Å². The average molecular weight is 483 g/mol. The van der Waals surface area contributed by atoms with E-state index in [-0.39, 0.29) is 18.2 Å². The van der Waals surface area contributed by atoms with E-state index in [0.29, 0.717) is 55.3 Å². The van der Waals surface area contributed by atoms with Gasteiger partial charge in [-0.1, -0.05) is 0 Å². The molecule has 4 aromatic rings. The van der Waals surface area contributed by atoms with Gasteiger partial charge in [-0.2, -0.15) is 19.6 Å². The Morgan fingerprint density at radius 2 is 1.97 bits per heavy atom. The maximum atomic E-state index is 14.1. The quantitative estimate of drug-likeness (QED) is 0.445. The first-order chi connectivity index (χ1) is 17.0. The van der Waals surface area contributed by atoms with Gasteiger partial charge in [0, 0.05) is 31.7 Å². The molecule has 4 heterocycles. The van der Waals surface area contributed by atoms with Crippen LogP contribution in [0.1, 0.15) is 30.1 Å². The standard InChI is InChI=1S/C22H23F2N9O2/c1-35-22(34)32-8-6-31(7-9-32)21-29-19-13(12-2-3-12)10-26-33(19)20(30-21)25-11-16-27-15-5-4-14(23)17(24)18(15)28-16/h4-5,10,12H,2-3,6-9,11H2,1H3,(H,27,28)(H,25,29,30). The summed E-state index contributed by atoms with van der Waals surface area (Å²) in [5.41, 5.74) is 2.17. The summed E-state index contributed by atoms with van der Waals surface area (Å²) >= 11 is 0. The van der Waals surface area contributed by atoms with Crippen molar-refractivity contribution in [3.05, 3.63) is 41.4 Å². The average Bonchev–Trinajstić information content (AvgIpc) is 3.49. The molecule has 2 N–H and O–H groups in total. The molecule has 1 amide bonds. The van der Waals surface area contributed by atoms with E-state index >= 15 is 0 Å². The van der Waals surface area contributed by atoms with Crippen molar-refractivity contribution in [1.29, 1.82) is 0 Å². The number of piperazine rings is 1. The predicted octanol–water partition coefficient (Wildman–Crippen LogP) is 2.66. The number of benzene rings is 1. The zero-order valence-electron chi connectivity index (χ0n) is 19.0. The topological polar surface area (TPSA) is 117 Å². The first-order valence-corrected chi connectivity index (χ1v) is 11.4. The molecule has 35 heavy (non-hydrogen) atoms. The van der Waals surface area contributed by atoms with Crippen molar-refractivity contribution in [2.24, 2.45) is 0 Å². The van der Waals surface area contributed by atoms with Gasteiger partial charge in [0.05, 0.1) is 25.4 Å². The lowest BCUT2D eigenvalue weighted by atomic mass is 10.2. The number of hydrogen-bond acceptors (Lipinski definition) is 8. The number of hydrogen-bond donors (Lipinski definition) is 2. The minimum atomic E-state index is -0.982. The molecule has 1 aromatic carbocycles. The van der Waals surface area contributed by atoms with Crippen LogP contribution in [-0.4, -0.2) is 73.8 Å². The van der Waals surface area contributed by atoms with Crippen molar-refractivity contribution in [3.63, 3.8) is 0 Å². The zero-order chi connectivity index (χ0) is 24.1. The van der Waals surface area contributed by atoms with Gasteiger partial charge >= 0.3 is 6.09 Å². The van der Waals surface area contributed by atoms with Gasteiger partial charge in [0.15, 0.2) is 17.3 Å². The molecule has 6 rings (SSSR count). The van der Waals surface area contributed by atoms with Crippen LogP contribution in [0.4, 0.5) is 25.5 Å². The molecule has 0 radical (unpaired) electrons. The second-order valence-electron chi connectivity index (χ2n) is 8.70. The highest BCUT2D eigenvalue weighted by atomic mass is 19.2. The predicted molar refractivity (Wildman–Crippen MR) is 122 cm³/mol. The number of carbonyl (C=O) groups excluding carboxylic acids is 1. The lowest BCUT2D eigenvalue weighted by Crippen LogP contribution is -2.49. The van der Waals surface area contributed by atoms with Crippen LogP contribution in [0.2, 0.25) is 0 Å². The lowest BCUT2D eigenvalue weighted by Gasteiger charge is -2.33. The number of fused-ring (bicyclic) bond motifs is 2. The third kappa shape index (κ3) is 3.86. The number of amides is 1. The van der Waals surface area contributed by atoms with E-state index < -0.39 is 11.6 Å². The third-order valence-electron chi connectivity index (χ3n) is 6.40. The molecule has 13 heteroatoms. The number of nitrogens with one attached hydrogen (secondary N) is 2. The summed E-state index contributed by atoms with van der Waals surface area (Å²) in [7, 11) is 1.37. The Hall–Kier alpha value is -4.03. The molecule has 11 nitrogen and oxygen atoms in total. The van der Waals surface area contributed by atoms with E-state index in [2.05, 4.69) is 20.4 Å². The Morgan fingerprint density at radius 1 is 1.17 bits per heavy atom. The summed E-state index contributed by atoms with van der Waals surface area (Å²) in [6, 6.07) is 2.52. The molecule has 2 aliphatic rings. The molecule has 0 bridgehead atoms. The number of nitrogens with zero attached hydrogens (tertiary/aromatic N) is 7. The van der Waals surface area contributed by atoms with Gasteiger partial charge in [-0.3, -0.25) is 0 Å². The molecule has 2 fully saturated rings. The number of aromatic nitrogens is 6. The van der Waals surface area contributed by atoms with Gasteiger partial charge in [0.1, 0.15) is 11.3 Å². The summed E-state index contributed by atoms with van der Waals surface area (Å²) in [4.78, 5) is 32.2. The normalized spacial score (nSPS) is 16.3. The van der Waals surface area contributed by atoms with E-state index in [9.17, 15) is 13.6 Å². The maximum absolute atomic E-state index is 14.1.